The second-order valence-electron chi connectivity index (χ2n) is 4.20. The van der Waals surface area contributed by atoms with Crippen LogP contribution in [0, 0.1) is 0 Å². The minimum atomic E-state index is -0.412. The van der Waals surface area contributed by atoms with E-state index in [1.54, 1.807) is 0 Å². The van der Waals surface area contributed by atoms with Crippen LogP contribution in [0.2, 0.25) is 0 Å². The quantitative estimate of drug-likeness (QED) is 0.786. The van der Waals surface area contributed by atoms with Gasteiger partial charge < -0.3 is 15.2 Å². The Morgan fingerprint density at radius 2 is 2.33 bits per heavy atom. The molecule has 0 saturated carbocycles. The highest BCUT2D eigenvalue weighted by molar-refractivity contribution is 5.76. The van der Waals surface area contributed by atoms with Crippen molar-refractivity contribution in [2.75, 3.05) is 26.8 Å². The van der Waals surface area contributed by atoms with E-state index >= 15 is 0 Å². The number of carbonyl (C=O) groups is 1. The number of nitrogens with two attached hydrogens (primary N) is 1. The summed E-state index contributed by atoms with van der Waals surface area (Å²) >= 11 is 0. The molecule has 1 aromatic carbocycles. The maximum Gasteiger partial charge on any atom is 0.324 e. The lowest BCUT2D eigenvalue weighted by molar-refractivity contribution is -0.146. The largest absolute Gasteiger partial charge is 0.492 e. The Morgan fingerprint density at radius 3 is 3.06 bits per heavy atom. The van der Waals surface area contributed by atoms with Crippen molar-refractivity contribution in [1.82, 2.24) is 4.90 Å². The Kier molecular flexibility index (Phi) is 4.17. The van der Waals surface area contributed by atoms with E-state index in [-0.39, 0.29) is 12.5 Å². The zero-order chi connectivity index (χ0) is 13.0. The lowest BCUT2D eigenvalue weighted by Gasteiger charge is -2.26. The molecule has 1 aromatic rings. The maximum absolute atomic E-state index is 11.7. The third-order valence-electron chi connectivity index (χ3n) is 3.12. The zero-order valence-corrected chi connectivity index (χ0v) is 10.5. The SMILES string of the molecule is COC(=O)C(CN)N1CCOc2ccccc2C1. The first kappa shape index (κ1) is 12.9. The Hall–Kier alpha value is -1.59. The first-order chi connectivity index (χ1) is 8.76. The number of carbonyl (C=O) groups excluding carboxylic acids is 1. The molecule has 0 amide bonds. The molecule has 5 nitrogen and oxygen atoms in total. The summed E-state index contributed by atoms with van der Waals surface area (Å²) in [5.41, 5.74) is 6.73. The molecule has 1 aliphatic rings. The van der Waals surface area contributed by atoms with Gasteiger partial charge in [-0.25, -0.2) is 0 Å². The number of esters is 1. The fraction of sp³-hybridized carbons (Fsp3) is 0.462. The number of benzene rings is 1. The molecule has 98 valence electrons. The van der Waals surface area contributed by atoms with Crippen LogP contribution >= 0.6 is 0 Å². The summed E-state index contributed by atoms with van der Waals surface area (Å²) in [5, 5.41) is 0. The summed E-state index contributed by atoms with van der Waals surface area (Å²) in [6.07, 6.45) is 0. The van der Waals surface area contributed by atoms with E-state index in [9.17, 15) is 4.79 Å². The van der Waals surface area contributed by atoms with Crippen LogP contribution in [-0.2, 0) is 16.1 Å². The smallest absolute Gasteiger partial charge is 0.324 e. The summed E-state index contributed by atoms with van der Waals surface area (Å²) in [4.78, 5) is 13.7. The highest BCUT2D eigenvalue weighted by Crippen LogP contribution is 2.23. The number of rotatable bonds is 3. The standard InChI is InChI=1S/C13H18N2O3/c1-17-13(16)11(8-14)15-6-7-18-12-5-3-2-4-10(12)9-15/h2-5,11H,6-9,14H2,1H3. The second-order valence-corrected chi connectivity index (χ2v) is 4.20. The van der Waals surface area contributed by atoms with Crippen LogP contribution < -0.4 is 10.5 Å². The monoisotopic (exact) mass is 250 g/mol. The summed E-state index contributed by atoms with van der Waals surface area (Å²) in [6.45, 7) is 2.10. The van der Waals surface area contributed by atoms with E-state index in [1.165, 1.54) is 7.11 Å². The van der Waals surface area contributed by atoms with E-state index < -0.39 is 6.04 Å². The molecule has 0 saturated heterocycles. The van der Waals surface area contributed by atoms with Crippen LogP contribution in [-0.4, -0.2) is 43.7 Å². The number of para-hydroxylation sites is 1. The third kappa shape index (κ3) is 2.63. The fourth-order valence-electron chi connectivity index (χ4n) is 2.14. The van der Waals surface area contributed by atoms with Gasteiger partial charge in [-0.2, -0.15) is 0 Å². The molecule has 1 unspecified atom stereocenters. The first-order valence-electron chi connectivity index (χ1n) is 5.99. The van der Waals surface area contributed by atoms with E-state index in [0.717, 1.165) is 11.3 Å². The minimum absolute atomic E-state index is 0.245. The molecular weight excluding hydrogens is 232 g/mol. The molecule has 5 heteroatoms. The topological polar surface area (TPSA) is 64.8 Å². The fourth-order valence-corrected chi connectivity index (χ4v) is 2.14. The van der Waals surface area contributed by atoms with Crippen molar-refractivity contribution < 1.29 is 14.3 Å². The first-order valence-corrected chi connectivity index (χ1v) is 5.99. The van der Waals surface area contributed by atoms with Gasteiger partial charge in [0.25, 0.3) is 0 Å². The van der Waals surface area contributed by atoms with Gasteiger partial charge in [0.15, 0.2) is 0 Å². The van der Waals surface area contributed by atoms with Crippen molar-refractivity contribution in [1.29, 1.82) is 0 Å². The van der Waals surface area contributed by atoms with Crippen LogP contribution in [0.5, 0.6) is 5.75 Å². The van der Waals surface area contributed by atoms with Crippen LogP contribution in [0.1, 0.15) is 5.56 Å². The molecule has 0 fully saturated rings. The minimum Gasteiger partial charge on any atom is -0.492 e. The normalized spacial score (nSPS) is 17.2. The third-order valence-corrected chi connectivity index (χ3v) is 3.12. The van der Waals surface area contributed by atoms with Gasteiger partial charge in [0, 0.05) is 25.2 Å². The molecule has 0 aliphatic carbocycles. The molecule has 2 rings (SSSR count). The molecule has 1 atom stereocenters. The number of hydrogen-bond donors (Lipinski definition) is 1. The Balaban J connectivity index is 2.18. The van der Waals surface area contributed by atoms with E-state index in [0.29, 0.717) is 19.7 Å². The van der Waals surface area contributed by atoms with Gasteiger partial charge in [-0.15, -0.1) is 0 Å². The lowest BCUT2D eigenvalue weighted by Crippen LogP contribution is -2.47. The van der Waals surface area contributed by atoms with Gasteiger partial charge in [-0.1, -0.05) is 18.2 Å². The van der Waals surface area contributed by atoms with Gasteiger partial charge in [0.2, 0.25) is 0 Å². The van der Waals surface area contributed by atoms with Crippen LogP contribution in [0.4, 0.5) is 0 Å². The number of hydrogen-bond acceptors (Lipinski definition) is 5. The van der Waals surface area contributed by atoms with Crippen LogP contribution in [0.3, 0.4) is 0 Å². The zero-order valence-electron chi connectivity index (χ0n) is 10.5. The Bertz CT molecular complexity index is 422. The van der Waals surface area contributed by atoms with Crippen LogP contribution in [0.15, 0.2) is 24.3 Å². The predicted octanol–water partition coefficient (Wildman–Crippen LogP) is 0.381. The van der Waals surface area contributed by atoms with Gasteiger partial charge >= 0.3 is 5.97 Å². The van der Waals surface area contributed by atoms with Crippen molar-refractivity contribution >= 4 is 5.97 Å². The van der Waals surface area contributed by atoms with E-state index in [1.807, 2.05) is 29.2 Å². The Morgan fingerprint density at radius 1 is 1.56 bits per heavy atom. The summed E-state index contributed by atoms with van der Waals surface area (Å²) in [7, 11) is 1.38. The van der Waals surface area contributed by atoms with Gasteiger partial charge in [-0.05, 0) is 6.07 Å². The van der Waals surface area contributed by atoms with Gasteiger partial charge in [0.1, 0.15) is 18.4 Å². The molecule has 0 radical (unpaired) electrons. The summed E-state index contributed by atoms with van der Waals surface area (Å²) in [6, 6.07) is 7.42. The maximum atomic E-state index is 11.7. The van der Waals surface area contributed by atoms with Crippen molar-refractivity contribution in [3.05, 3.63) is 29.8 Å². The number of methoxy groups -OCH3 is 1. The van der Waals surface area contributed by atoms with E-state index in [4.69, 9.17) is 15.2 Å². The molecule has 2 N–H and O–H groups in total. The van der Waals surface area contributed by atoms with Gasteiger partial charge in [0.05, 0.1) is 7.11 Å². The average Bonchev–Trinajstić information content (AvgIpc) is 2.61. The number of fused-ring (bicyclic) bond motifs is 1. The average molecular weight is 250 g/mol. The van der Waals surface area contributed by atoms with Crippen LogP contribution in [0.25, 0.3) is 0 Å². The van der Waals surface area contributed by atoms with Crippen molar-refractivity contribution in [3.8, 4) is 5.75 Å². The molecule has 18 heavy (non-hydrogen) atoms. The predicted molar refractivity (Wildman–Crippen MR) is 67.2 cm³/mol. The molecule has 0 spiro atoms. The molecule has 0 bridgehead atoms. The second kappa shape index (κ2) is 5.84. The molecule has 0 aromatic heterocycles. The Labute approximate surface area is 106 Å². The number of nitrogens with zero attached hydrogens (tertiary/aromatic N) is 1. The van der Waals surface area contributed by atoms with Gasteiger partial charge in [-0.3, -0.25) is 9.69 Å². The highest BCUT2D eigenvalue weighted by Gasteiger charge is 2.27. The van der Waals surface area contributed by atoms with Crippen molar-refractivity contribution in [2.24, 2.45) is 5.73 Å². The van der Waals surface area contributed by atoms with E-state index in [2.05, 4.69) is 0 Å². The van der Waals surface area contributed by atoms with Crippen molar-refractivity contribution in [2.45, 2.75) is 12.6 Å². The number of ether oxygens (including phenoxy) is 2. The highest BCUT2D eigenvalue weighted by atomic mass is 16.5. The summed E-state index contributed by atoms with van der Waals surface area (Å²) in [5.74, 6) is 0.581. The molecule has 1 heterocycles. The molecular formula is C13H18N2O3. The van der Waals surface area contributed by atoms with Crippen molar-refractivity contribution in [3.63, 3.8) is 0 Å². The lowest BCUT2D eigenvalue weighted by atomic mass is 10.1. The summed E-state index contributed by atoms with van der Waals surface area (Å²) < 4.78 is 10.4. The molecule has 1 aliphatic heterocycles.